The Labute approximate surface area is 125 Å². The minimum absolute atomic E-state index is 0.0158. The van der Waals surface area contributed by atoms with E-state index in [0.29, 0.717) is 13.0 Å². The maximum Gasteiger partial charge on any atom is 0.231 e. The minimum atomic E-state index is -0.599. The first kappa shape index (κ1) is 13.3. The van der Waals surface area contributed by atoms with Crippen LogP contribution in [0.1, 0.15) is 30.0 Å². The molecule has 2 heterocycles. The lowest BCUT2D eigenvalue weighted by atomic mass is 9.86. The minimum Gasteiger partial charge on any atom is -0.369 e. The topological polar surface area (TPSA) is 71.0 Å². The lowest BCUT2D eigenvalue weighted by Crippen LogP contribution is -2.47. The number of aliphatic imine (C=N–C) groups is 2. The smallest absolute Gasteiger partial charge is 0.231 e. The summed E-state index contributed by atoms with van der Waals surface area (Å²) in [7, 11) is 1.65. The van der Waals surface area contributed by atoms with Gasteiger partial charge in [0, 0.05) is 12.6 Å². The van der Waals surface area contributed by atoms with Crippen molar-refractivity contribution in [1.82, 2.24) is 4.90 Å². The molecule has 0 saturated carbocycles. The highest BCUT2D eigenvalue weighted by molar-refractivity contribution is 9.18. The van der Waals surface area contributed by atoms with Crippen molar-refractivity contribution >= 4 is 32.4 Å². The van der Waals surface area contributed by atoms with Crippen molar-refractivity contribution in [2.24, 2.45) is 15.7 Å². The largest absolute Gasteiger partial charge is 0.369 e. The number of fused-ring (bicyclic) bond motifs is 1. The number of halogens is 1. The van der Waals surface area contributed by atoms with E-state index in [1.165, 1.54) is 4.90 Å². The molecule has 5 nitrogen and oxygen atoms in total. The van der Waals surface area contributed by atoms with Gasteiger partial charge in [-0.25, -0.2) is 4.99 Å². The molecule has 0 spiro atoms. The Morgan fingerprint density at radius 2 is 2.20 bits per heavy atom. The summed E-state index contributed by atoms with van der Waals surface area (Å²) in [5.74, 6) is 0.250. The second kappa shape index (κ2) is 4.41. The standard InChI is InChI=1S/C14H15BrN4O/c1-14(6-11(20)19(2)13(16)18-14)9-3-4-10-8(5-9)7-17-12(10)15/h3-5H,6-7H2,1-2H3,(H2,16,18)/t14-/m0/s1. The van der Waals surface area contributed by atoms with Crippen molar-refractivity contribution in [1.29, 1.82) is 0 Å². The fraction of sp³-hybridized carbons (Fsp3) is 0.357. The van der Waals surface area contributed by atoms with E-state index in [1.54, 1.807) is 7.05 Å². The normalized spacial score (nSPS) is 25.4. The zero-order chi connectivity index (χ0) is 14.5. The first-order valence-electron chi connectivity index (χ1n) is 6.36. The maximum absolute atomic E-state index is 12.0. The SMILES string of the molecule is CN1C(=O)C[C@@](C)(c2ccc3c(c2)CN=C3Br)N=C1N. The number of amides is 1. The summed E-state index contributed by atoms with van der Waals surface area (Å²) >= 11 is 3.44. The summed E-state index contributed by atoms with van der Waals surface area (Å²) in [5.41, 5.74) is 8.49. The first-order valence-corrected chi connectivity index (χ1v) is 7.15. The number of benzene rings is 1. The van der Waals surface area contributed by atoms with Crippen LogP contribution in [0.3, 0.4) is 0 Å². The number of carbonyl (C=O) groups excluding carboxylic acids is 1. The van der Waals surface area contributed by atoms with E-state index in [9.17, 15) is 4.79 Å². The lowest BCUT2D eigenvalue weighted by molar-refractivity contribution is -0.128. The van der Waals surface area contributed by atoms with Crippen molar-refractivity contribution in [3.05, 3.63) is 34.9 Å². The molecule has 2 aliphatic rings. The third-order valence-corrected chi connectivity index (χ3v) is 4.59. The Hall–Kier alpha value is -1.69. The molecule has 0 unspecified atom stereocenters. The molecule has 0 radical (unpaired) electrons. The van der Waals surface area contributed by atoms with Crippen LogP contribution in [0.15, 0.2) is 28.2 Å². The fourth-order valence-electron chi connectivity index (χ4n) is 2.58. The summed E-state index contributed by atoms with van der Waals surface area (Å²) < 4.78 is 0.881. The molecule has 0 fully saturated rings. The average molecular weight is 335 g/mol. The van der Waals surface area contributed by atoms with Gasteiger partial charge in [0.2, 0.25) is 5.91 Å². The molecule has 6 heteroatoms. The van der Waals surface area contributed by atoms with Crippen LogP contribution in [-0.2, 0) is 16.9 Å². The number of hydrogen-bond acceptors (Lipinski definition) is 4. The number of hydrogen-bond donors (Lipinski definition) is 1. The molecule has 2 aliphatic heterocycles. The van der Waals surface area contributed by atoms with Gasteiger partial charge in [-0.15, -0.1) is 0 Å². The van der Waals surface area contributed by atoms with Gasteiger partial charge in [-0.2, -0.15) is 0 Å². The Kier molecular flexibility index (Phi) is 2.93. The van der Waals surface area contributed by atoms with Crippen molar-refractivity contribution in [3.8, 4) is 0 Å². The summed E-state index contributed by atoms with van der Waals surface area (Å²) in [6.45, 7) is 2.60. The first-order chi connectivity index (χ1) is 9.40. The monoisotopic (exact) mass is 334 g/mol. The molecule has 0 bridgehead atoms. The molecule has 1 aromatic carbocycles. The van der Waals surface area contributed by atoms with Gasteiger partial charge in [-0.1, -0.05) is 18.2 Å². The van der Waals surface area contributed by atoms with Crippen LogP contribution in [0, 0.1) is 0 Å². The molecule has 104 valence electrons. The zero-order valence-electron chi connectivity index (χ0n) is 11.4. The zero-order valence-corrected chi connectivity index (χ0v) is 12.9. The Balaban J connectivity index is 2.04. The van der Waals surface area contributed by atoms with Gasteiger partial charge in [-0.05, 0) is 34.0 Å². The highest BCUT2D eigenvalue weighted by Gasteiger charge is 2.36. The molecule has 0 aliphatic carbocycles. The van der Waals surface area contributed by atoms with Crippen LogP contribution in [0.25, 0.3) is 0 Å². The third kappa shape index (κ3) is 1.95. The number of nitrogens with two attached hydrogens (primary N) is 1. The predicted octanol–water partition coefficient (Wildman–Crippen LogP) is 1.73. The quantitative estimate of drug-likeness (QED) is 0.849. The second-order valence-electron chi connectivity index (χ2n) is 5.35. The van der Waals surface area contributed by atoms with Gasteiger partial charge in [-0.3, -0.25) is 14.7 Å². The van der Waals surface area contributed by atoms with Crippen LogP contribution in [0.4, 0.5) is 0 Å². The summed E-state index contributed by atoms with van der Waals surface area (Å²) in [6.07, 6.45) is 0.324. The van der Waals surface area contributed by atoms with Crippen molar-refractivity contribution < 1.29 is 4.79 Å². The lowest BCUT2D eigenvalue weighted by Gasteiger charge is -2.33. The van der Waals surface area contributed by atoms with Gasteiger partial charge in [0.1, 0.15) is 4.62 Å². The third-order valence-electron chi connectivity index (χ3n) is 3.91. The maximum atomic E-state index is 12.0. The number of nitrogens with zero attached hydrogens (tertiary/aromatic N) is 3. The molecule has 0 aromatic heterocycles. The molecule has 2 N–H and O–H groups in total. The van der Waals surface area contributed by atoms with Crippen LogP contribution < -0.4 is 5.73 Å². The van der Waals surface area contributed by atoms with Crippen molar-refractivity contribution in [2.75, 3.05) is 7.05 Å². The van der Waals surface area contributed by atoms with E-state index in [4.69, 9.17) is 5.73 Å². The van der Waals surface area contributed by atoms with E-state index < -0.39 is 5.54 Å². The van der Waals surface area contributed by atoms with Gasteiger partial charge in [0.15, 0.2) is 5.96 Å². The van der Waals surface area contributed by atoms with Gasteiger partial charge in [0.05, 0.1) is 18.5 Å². The van der Waals surface area contributed by atoms with E-state index in [0.717, 1.165) is 21.3 Å². The van der Waals surface area contributed by atoms with Gasteiger partial charge < -0.3 is 5.73 Å². The summed E-state index contributed by atoms with van der Waals surface area (Å²) in [4.78, 5) is 22.3. The molecule has 20 heavy (non-hydrogen) atoms. The van der Waals surface area contributed by atoms with Gasteiger partial charge in [0.25, 0.3) is 0 Å². The van der Waals surface area contributed by atoms with Crippen LogP contribution in [0.5, 0.6) is 0 Å². The van der Waals surface area contributed by atoms with Crippen molar-refractivity contribution in [3.63, 3.8) is 0 Å². The Bertz CT molecular complexity index is 667. The van der Waals surface area contributed by atoms with E-state index in [-0.39, 0.29) is 11.9 Å². The molecule has 1 amide bonds. The molecule has 3 rings (SSSR count). The van der Waals surface area contributed by atoms with E-state index >= 15 is 0 Å². The van der Waals surface area contributed by atoms with Crippen molar-refractivity contribution in [2.45, 2.75) is 25.4 Å². The molecular weight excluding hydrogens is 320 g/mol. The highest BCUT2D eigenvalue weighted by Crippen LogP contribution is 2.35. The average Bonchev–Trinajstić information content (AvgIpc) is 2.77. The fourth-order valence-corrected chi connectivity index (χ4v) is 3.09. The highest BCUT2D eigenvalue weighted by atomic mass is 79.9. The molecular formula is C14H15BrN4O. The number of carbonyl (C=O) groups is 1. The van der Waals surface area contributed by atoms with Crippen LogP contribution in [0.2, 0.25) is 0 Å². The second-order valence-corrected chi connectivity index (χ2v) is 6.10. The van der Waals surface area contributed by atoms with E-state index in [1.807, 2.05) is 19.1 Å². The molecule has 1 aromatic rings. The van der Waals surface area contributed by atoms with Crippen LogP contribution in [-0.4, -0.2) is 28.4 Å². The Morgan fingerprint density at radius 1 is 1.45 bits per heavy atom. The van der Waals surface area contributed by atoms with Crippen LogP contribution >= 0.6 is 15.9 Å². The predicted molar refractivity (Wildman–Crippen MR) is 82.0 cm³/mol. The summed E-state index contributed by atoms with van der Waals surface area (Å²) in [5, 5.41) is 0. The number of rotatable bonds is 1. The summed E-state index contributed by atoms with van der Waals surface area (Å²) in [6, 6.07) is 6.09. The van der Waals surface area contributed by atoms with E-state index in [2.05, 4.69) is 32.0 Å². The van der Waals surface area contributed by atoms with Gasteiger partial charge >= 0.3 is 0 Å². The number of guanidine groups is 1. The molecule has 1 atom stereocenters. The Morgan fingerprint density at radius 3 is 2.90 bits per heavy atom. The molecule has 0 saturated heterocycles.